The van der Waals surface area contributed by atoms with Crippen molar-refractivity contribution >= 4 is 34.7 Å². The lowest BCUT2D eigenvalue weighted by atomic mass is 9.94. The Morgan fingerprint density at radius 3 is 2.38 bits per heavy atom. The smallest absolute Gasteiger partial charge is 0.300 e. The van der Waals surface area contributed by atoms with E-state index in [-0.39, 0.29) is 21.9 Å². The van der Waals surface area contributed by atoms with Crippen molar-refractivity contribution in [2.24, 2.45) is 0 Å². The van der Waals surface area contributed by atoms with Gasteiger partial charge in [-0.3, -0.25) is 14.5 Å². The second-order valence-electron chi connectivity index (χ2n) is 7.86. The molecule has 34 heavy (non-hydrogen) atoms. The minimum absolute atomic E-state index is 0.0398. The number of carbonyl (C=O) groups is 2. The van der Waals surface area contributed by atoms with Gasteiger partial charge < -0.3 is 14.6 Å². The van der Waals surface area contributed by atoms with Crippen LogP contribution in [-0.4, -0.2) is 30.5 Å². The zero-order valence-electron chi connectivity index (χ0n) is 19.0. The summed E-state index contributed by atoms with van der Waals surface area (Å²) >= 11 is 6.39. The van der Waals surface area contributed by atoms with Crippen LogP contribution >= 0.6 is 11.6 Å². The van der Waals surface area contributed by atoms with Gasteiger partial charge in [0.15, 0.2) is 0 Å². The van der Waals surface area contributed by atoms with Gasteiger partial charge in [0.2, 0.25) is 0 Å². The summed E-state index contributed by atoms with van der Waals surface area (Å²) in [4.78, 5) is 28.0. The number of hydrogen-bond donors (Lipinski definition) is 1. The number of halogens is 1. The van der Waals surface area contributed by atoms with Gasteiger partial charge >= 0.3 is 0 Å². The number of amides is 1. The van der Waals surface area contributed by atoms with Gasteiger partial charge in [-0.1, -0.05) is 41.4 Å². The van der Waals surface area contributed by atoms with E-state index in [0.717, 1.165) is 5.56 Å². The molecule has 0 bridgehead atoms. The number of methoxy groups -OCH3 is 1. The Balaban J connectivity index is 1.94. The van der Waals surface area contributed by atoms with E-state index < -0.39 is 17.7 Å². The summed E-state index contributed by atoms with van der Waals surface area (Å²) in [6.07, 6.45) is 0. The van der Waals surface area contributed by atoms with Crippen LogP contribution in [0.4, 0.5) is 5.69 Å². The lowest BCUT2D eigenvalue weighted by Gasteiger charge is -2.26. The molecule has 3 aromatic rings. The molecule has 0 spiro atoms. The van der Waals surface area contributed by atoms with E-state index in [2.05, 4.69) is 0 Å². The van der Waals surface area contributed by atoms with E-state index in [4.69, 9.17) is 21.1 Å². The third kappa shape index (κ3) is 4.24. The number of aliphatic hydroxyl groups is 1. The Morgan fingerprint density at radius 1 is 1.03 bits per heavy atom. The predicted octanol–water partition coefficient (Wildman–Crippen LogP) is 5.68. The van der Waals surface area contributed by atoms with Crippen LogP contribution in [0.3, 0.4) is 0 Å². The maximum Gasteiger partial charge on any atom is 0.300 e. The number of aliphatic hydroxyl groups excluding tert-OH is 1. The van der Waals surface area contributed by atoms with Gasteiger partial charge in [0.05, 0.1) is 30.4 Å². The first kappa shape index (κ1) is 23.4. The maximum atomic E-state index is 13.3. The molecule has 1 unspecified atom stereocenters. The summed E-state index contributed by atoms with van der Waals surface area (Å²) in [5.74, 6) is -0.780. The molecule has 6 nitrogen and oxygen atoms in total. The van der Waals surface area contributed by atoms with Gasteiger partial charge in [-0.05, 0) is 61.9 Å². The normalized spacial score (nSPS) is 17.2. The van der Waals surface area contributed by atoms with Gasteiger partial charge in [0.1, 0.15) is 17.3 Å². The summed E-state index contributed by atoms with van der Waals surface area (Å²) in [7, 11) is 1.55. The second-order valence-corrected chi connectivity index (χ2v) is 8.26. The Bertz CT molecular complexity index is 1280. The fraction of sp³-hybridized carbons (Fsp3) is 0.185. The molecule has 7 heteroatoms. The quantitative estimate of drug-likeness (QED) is 0.281. The molecular formula is C27H24ClNO5. The first-order valence-corrected chi connectivity index (χ1v) is 11.2. The Labute approximate surface area is 203 Å². The number of ketones is 1. The van der Waals surface area contributed by atoms with Crippen LogP contribution in [0.5, 0.6) is 11.5 Å². The fourth-order valence-corrected chi connectivity index (χ4v) is 4.29. The number of nitrogens with zero attached hydrogens (tertiary/aromatic N) is 1. The van der Waals surface area contributed by atoms with Crippen LogP contribution in [0.1, 0.15) is 29.7 Å². The first-order valence-electron chi connectivity index (χ1n) is 10.8. The molecule has 1 amide bonds. The van der Waals surface area contributed by atoms with Gasteiger partial charge in [0, 0.05) is 11.3 Å². The summed E-state index contributed by atoms with van der Waals surface area (Å²) < 4.78 is 10.8. The Morgan fingerprint density at radius 2 is 1.74 bits per heavy atom. The average molecular weight is 478 g/mol. The maximum absolute atomic E-state index is 13.3. The molecule has 0 aromatic heterocycles. The molecule has 1 heterocycles. The monoisotopic (exact) mass is 477 g/mol. The van der Waals surface area contributed by atoms with Crippen LogP contribution in [0.25, 0.3) is 5.76 Å². The van der Waals surface area contributed by atoms with Crippen LogP contribution in [0, 0.1) is 6.92 Å². The SMILES string of the molecule is CCOc1ccc(Cl)c(/C(O)=C2\C(=O)C(=O)N(c3ccc(OC)cc3)C2c2cccc(C)c2)c1. The third-order valence-electron chi connectivity index (χ3n) is 5.66. The molecule has 4 rings (SSSR count). The van der Waals surface area contributed by atoms with Crippen molar-refractivity contribution in [1.82, 2.24) is 0 Å². The van der Waals surface area contributed by atoms with E-state index in [0.29, 0.717) is 29.4 Å². The number of benzene rings is 3. The van der Waals surface area contributed by atoms with E-state index in [1.807, 2.05) is 38.1 Å². The standard InChI is InChI=1S/C27H24ClNO5/c1-4-34-20-12-13-22(28)21(15-20)25(30)23-24(17-7-5-6-16(2)14-17)29(27(32)26(23)31)18-8-10-19(33-3)11-9-18/h5-15,24,30H,4H2,1-3H3/b25-23+. The average Bonchev–Trinajstić information content (AvgIpc) is 3.10. The van der Waals surface area contributed by atoms with Crippen molar-refractivity contribution in [3.05, 3.63) is 94.0 Å². The van der Waals surface area contributed by atoms with E-state index in [1.54, 1.807) is 49.6 Å². The molecule has 0 radical (unpaired) electrons. The number of rotatable bonds is 6. The highest BCUT2D eigenvalue weighted by Gasteiger charge is 2.47. The highest BCUT2D eigenvalue weighted by atomic mass is 35.5. The van der Waals surface area contributed by atoms with E-state index in [1.165, 1.54) is 4.90 Å². The molecule has 1 N–H and O–H groups in total. The Kier molecular flexibility index (Phi) is 6.61. The Hall–Kier alpha value is -3.77. The van der Waals surface area contributed by atoms with Crippen molar-refractivity contribution in [3.8, 4) is 11.5 Å². The number of hydrogen-bond acceptors (Lipinski definition) is 5. The lowest BCUT2D eigenvalue weighted by molar-refractivity contribution is -0.132. The van der Waals surface area contributed by atoms with Crippen molar-refractivity contribution in [1.29, 1.82) is 0 Å². The minimum Gasteiger partial charge on any atom is -0.507 e. The topological polar surface area (TPSA) is 76.1 Å². The predicted molar refractivity (Wildman–Crippen MR) is 132 cm³/mol. The zero-order chi connectivity index (χ0) is 24.4. The zero-order valence-corrected chi connectivity index (χ0v) is 19.8. The van der Waals surface area contributed by atoms with Crippen molar-refractivity contribution in [2.45, 2.75) is 19.9 Å². The third-order valence-corrected chi connectivity index (χ3v) is 5.99. The lowest BCUT2D eigenvalue weighted by Crippen LogP contribution is -2.29. The summed E-state index contributed by atoms with van der Waals surface area (Å²) in [6, 6.07) is 18.3. The molecule has 0 saturated carbocycles. The molecule has 3 aromatic carbocycles. The first-order chi connectivity index (χ1) is 16.3. The van der Waals surface area contributed by atoms with Gasteiger partial charge in [0.25, 0.3) is 11.7 Å². The molecule has 1 atom stereocenters. The number of ether oxygens (including phenoxy) is 2. The molecule has 174 valence electrons. The molecule has 0 aliphatic carbocycles. The fourth-order valence-electron chi connectivity index (χ4n) is 4.08. The highest BCUT2D eigenvalue weighted by Crippen LogP contribution is 2.43. The number of anilines is 1. The van der Waals surface area contributed by atoms with Crippen molar-refractivity contribution in [2.75, 3.05) is 18.6 Å². The minimum atomic E-state index is -0.847. The van der Waals surface area contributed by atoms with Crippen molar-refractivity contribution in [3.63, 3.8) is 0 Å². The van der Waals surface area contributed by atoms with Gasteiger partial charge in [-0.25, -0.2) is 0 Å². The largest absolute Gasteiger partial charge is 0.507 e. The van der Waals surface area contributed by atoms with Crippen LogP contribution in [0.15, 0.2) is 72.3 Å². The molecule has 1 aliphatic rings. The number of carbonyl (C=O) groups excluding carboxylic acids is 2. The van der Waals surface area contributed by atoms with Crippen LogP contribution in [-0.2, 0) is 9.59 Å². The number of aryl methyl sites for hydroxylation is 1. The van der Waals surface area contributed by atoms with Crippen LogP contribution < -0.4 is 14.4 Å². The van der Waals surface area contributed by atoms with E-state index >= 15 is 0 Å². The summed E-state index contributed by atoms with van der Waals surface area (Å²) in [5, 5.41) is 11.6. The molecular weight excluding hydrogens is 454 g/mol. The van der Waals surface area contributed by atoms with E-state index in [9.17, 15) is 14.7 Å². The molecule has 1 aliphatic heterocycles. The van der Waals surface area contributed by atoms with Crippen LogP contribution in [0.2, 0.25) is 5.02 Å². The summed E-state index contributed by atoms with van der Waals surface area (Å²) in [6.45, 7) is 4.19. The highest BCUT2D eigenvalue weighted by molar-refractivity contribution is 6.52. The van der Waals surface area contributed by atoms with Crippen molar-refractivity contribution < 1.29 is 24.2 Å². The van der Waals surface area contributed by atoms with Gasteiger partial charge in [-0.15, -0.1) is 0 Å². The molecule has 1 saturated heterocycles. The molecule has 1 fully saturated rings. The van der Waals surface area contributed by atoms with Gasteiger partial charge in [-0.2, -0.15) is 0 Å². The number of Topliss-reactive ketones (excluding diaryl/α,β-unsaturated/α-hetero) is 1. The summed E-state index contributed by atoms with van der Waals surface area (Å²) in [5.41, 5.74) is 2.32. The second kappa shape index (κ2) is 9.61.